The van der Waals surface area contributed by atoms with Crippen molar-refractivity contribution in [1.82, 2.24) is 5.43 Å². The van der Waals surface area contributed by atoms with Crippen LogP contribution in [0.1, 0.15) is 23.8 Å². The van der Waals surface area contributed by atoms with Crippen LogP contribution in [0.15, 0.2) is 34.9 Å². The maximum absolute atomic E-state index is 8.94. The number of nitrogens with two attached hydrogens (primary N) is 2. The third kappa shape index (κ3) is 5.78. The normalized spacial score (nSPS) is 10.1. The Balaban J connectivity index is 0.000000593. The molecule has 1 aromatic heterocycles. The zero-order valence-electron chi connectivity index (χ0n) is 13.1. The van der Waals surface area contributed by atoms with E-state index in [2.05, 4.69) is 18.8 Å². The Morgan fingerprint density at radius 1 is 1.39 bits per heavy atom. The molecule has 0 atom stereocenters. The summed E-state index contributed by atoms with van der Waals surface area (Å²) in [6, 6.07) is 7.88. The van der Waals surface area contributed by atoms with Crippen molar-refractivity contribution in [3.63, 3.8) is 0 Å². The van der Waals surface area contributed by atoms with Gasteiger partial charge in [-0.3, -0.25) is 10.2 Å². The monoisotopic (exact) mass is 336 g/mol. The number of nitrogens with zero attached hydrogens (tertiary/aromatic N) is 1. The van der Waals surface area contributed by atoms with Crippen LogP contribution in [0, 0.1) is 0 Å². The number of halogens is 1. The van der Waals surface area contributed by atoms with Gasteiger partial charge < -0.3 is 9.43 Å². The zero-order valence-corrected chi connectivity index (χ0v) is 13.9. The average molecular weight is 337 g/mol. The molecular weight excluding hydrogens is 316 g/mol. The average Bonchev–Trinajstić information content (AvgIpc) is 2.98. The Bertz CT molecular complexity index is 653. The van der Waals surface area contributed by atoms with Gasteiger partial charge in [0, 0.05) is 18.7 Å². The molecule has 0 aliphatic heterocycles. The summed E-state index contributed by atoms with van der Waals surface area (Å²) in [5, 5.41) is 2.22. The maximum Gasteiger partial charge on any atom is 0.221 e. The van der Waals surface area contributed by atoms with Crippen molar-refractivity contribution in [2.45, 2.75) is 13.3 Å². The van der Waals surface area contributed by atoms with Crippen molar-refractivity contribution in [3.8, 4) is 0 Å². The molecule has 0 radical (unpaired) electrons. The fourth-order valence-electron chi connectivity index (χ4n) is 1.99. The molecule has 0 spiro atoms. The van der Waals surface area contributed by atoms with Crippen LogP contribution >= 0.6 is 11.6 Å². The van der Waals surface area contributed by atoms with E-state index in [1.807, 2.05) is 31.3 Å². The molecule has 0 aliphatic rings. The Kier molecular flexibility index (Phi) is 7.90. The minimum atomic E-state index is 0.403. The Hall–Kier alpha value is -2.28. The molecular formula is C16H21ClN4O2. The van der Waals surface area contributed by atoms with E-state index in [0.29, 0.717) is 11.4 Å². The predicted molar refractivity (Wildman–Crippen MR) is 94.4 cm³/mol. The summed E-state index contributed by atoms with van der Waals surface area (Å²) < 4.78 is 5.30. The Labute approximate surface area is 140 Å². The second-order valence-electron chi connectivity index (χ2n) is 4.60. The number of hydrazine groups is 2. The van der Waals surface area contributed by atoms with E-state index in [0.717, 1.165) is 23.4 Å². The Morgan fingerprint density at radius 3 is 2.57 bits per heavy atom. The maximum atomic E-state index is 8.94. The number of rotatable bonds is 5. The third-order valence-electron chi connectivity index (χ3n) is 3.00. The topological polar surface area (TPSA) is 97.5 Å². The minimum Gasteiger partial charge on any atom is -0.463 e. The minimum absolute atomic E-state index is 0.403. The first-order valence-corrected chi connectivity index (χ1v) is 7.33. The van der Waals surface area contributed by atoms with Crippen molar-refractivity contribution in [2.24, 2.45) is 11.7 Å². The lowest BCUT2D eigenvalue weighted by molar-refractivity contribution is -0.109. The highest BCUT2D eigenvalue weighted by Crippen LogP contribution is 2.25. The highest BCUT2D eigenvalue weighted by Gasteiger charge is 2.06. The van der Waals surface area contributed by atoms with Crippen LogP contribution in [0.2, 0.25) is 5.02 Å². The number of furan rings is 1. The number of carbonyl (C=O) groups is 1. The second kappa shape index (κ2) is 9.68. The van der Waals surface area contributed by atoms with E-state index < -0.39 is 0 Å². The van der Waals surface area contributed by atoms with Gasteiger partial charge in [0.1, 0.15) is 12.0 Å². The number of carbonyl (C=O) groups excluding carboxylic acids is 1. The summed E-state index contributed by atoms with van der Waals surface area (Å²) in [7, 11) is 1.83. The molecule has 2 rings (SSSR count). The largest absolute Gasteiger partial charge is 0.463 e. The first-order chi connectivity index (χ1) is 11.0. The van der Waals surface area contributed by atoms with Gasteiger partial charge in [-0.25, -0.2) is 11.7 Å². The number of anilines is 1. The van der Waals surface area contributed by atoms with Gasteiger partial charge in [-0.2, -0.15) is 0 Å². The standard InChI is InChI=1S/C15H17ClN2O.CH4N2O/c1-3-11-5-4-6-15(18(2)17)14(11)8-7-13-9-12(16)10-19-13;2-3-1-4/h4-10H,3,17H2,1-2H3;1H,2H2,(H,3,4)/b8-7+;. The molecule has 1 heterocycles. The lowest BCUT2D eigenvalue weighted by Crippen LogP contribution is -2.26. The molecule has 0 fully saturated rings. The number of amides is 1. The van der Waals surface area contributed by atoms with Gasteiger partial charge in [0.05, 0.1) is 10.7 Å². The van der Waals surface area contributed by atoms with Gasteiger partial charge in [-0.1, -0.05) is 30.7 Å². The second-order valence-corrected chi connectivity index (χ2v) is 5.04. The van der Waals surface area contributed by atoms with E-state index >= 15 is 0 Å². The van der Waals surface area contributed by atoms with Crippen molar-refractivity contribution in [3.05, 3.63) is 52.4 Å². The van der Waals surface area contributed by atoms with E-state index in [9.17, 15) is 0 Å². The van der Waals surface area contributed by atoms with E-state index in [1.165, 1.54) is 11.8 Å². The molecule has 0 unspecified atom stereocenters. The molecule has 6 nitrogen and oxygen atoms in total. The Morgan fingerprint density at radius 2 is 2.09 bits per heavy atom. The molecule has 0 saturated carbocycles. The summed E-state index contributed by atoms with van der Waals surface area (Å²) >= 11 is 5.83. The molecule has 124 valence electrons. The van der Waals surface area contributed by atoms with E-state index in [1.54, 1.807) is 16.5 Å². The summed E-state index contributed by atoms with van der Waals surface area (Å²) in [4.78, 5) is 8.94. The molecule has 7 heteroatoms. The van der Waals surface area contributed by atoms with Gasteiger partial charge in [0.2, 0.25) is 6.41 Å². The molecule has 1 aromatic carbocycles. The smallest absolute Gasteiger partial charge is 0.221 e. The number of hydrogen-bond acceptors (Lipinski definition) is 5. The van der Waals surface area contributed by atoms with Crippen molar-refractivity contribution >= 4 is 35.9 Å². The van der Waals surface area contributed by atoms with Crippen molar-refractivity contribution in [2.75, 3.05) is 12.1 Å². The van der Waals surface area contributed by atoms with E-state index in [4.69, 9.17) is 26.7 Å². The summed E-state index contributed by atoms with van der Waals surface area (Å²) in [6.45, 7) is 2.12. The van der Waals surface area contributed by atoms with Crippen LogP contribution in [-0.2, 0) is 11.2 Å². The third-order valence-corrected chi connectivity index (χ3v) is 3.20. The highest BCUT2D eigenvalue weighted by atomic mass is 35.5. The highest BCUT2D eigenvalue weighted by molar-refractivity contribution is 6.30. The van der Waals surface area contributed by atoms with Gasteiger partial charge in [0.15, 0.2) is 0 Å². The van der Waals surface area contributed by atoms with Gasteiger partial charge in [-0.05, 0) is 30.2 Å². The molecule has 0 aliphatic carbocycles. The first kappa shape index (κ1) is 18.8. The molecule has 23 heavy (non-hydrogen) atoms. The number of benzene rings is 1. The van der Waals surface area contributed by atoms with Gasteiger partial charge in [0.25, 0.3) is 0 Å². The van der Waals surface area contributed by atoms with Crippen LogP contribution in [0.25, 0.3) is 12.2 Å². The molecule has 0 saturated heterocycles. The lowest BCUT2D eigenvalue weighted by Gasteiger charge is -2.17. The summed E-state index contributed by atoms with van der Waals surface area (Å²) in [6.07, 6.45) is 6.77. The lowest BCUT2D eigenvalue weighted by atomic mass is 10.0. The van der Waals surface area contributed by atoms with Crippen LogP contribution in [-0.4, -0.2) is 13.5 Å². The fourth-order valence-corrected chi connectivity index (χ4v) is 2.14. The summed E-state index contributed by atoms with van der Waals surface area (Å²) in [5.41, 5.74) is 5.07. The van der Waals surface area contributed by atoms with Gasteiger partial charge in [-0.15, -0.1) is 0 Å². The first-order valence-electron chi connectivity index (χ1n) is 6.95. The number of nitrogens with one attached hydrogen (secondary N) is 1. The number of hydrogen-bond donors (Lipinski definition) is 3. The number of aryl methyl sites for hydroxylation is 1. The van der Waals surface area contributed by atoms with Gasteiger partial charge >= 0.3 is 0 Å². The predicted octanol–water partition coefficient (Wildman–Crippen LogP) is 2.58. The quantitative estimate of drug-likeness (QED) is 0.337. The van der Waals surface area contributed by atoms with Crippen molar-refractivity contribution < 1.29 is 9.21 Å². The molecule has 2 aromatic rings. The molecule has 5 N–H and O–H groups in total. The molecule has 1 amide bonds. The van der Waals surface area contributed by atoms with E-state index in [-0.39, 0.29) is 0 Å². The van der Waals surface area contributed by atoms with Crippen LogP contribution in [0.3, 0.4) is 0 Å². The van der Waals surface area contributed by atoms with Crippen LogP contribution in [0.5, 0.6) is 0 Å². The van der Waals surface area contributed by atoms with Crippen LogP contribution < -0.4 is 22.1 Å². The fraction of sp³-hybridized carbons (Fsp3) is 0.188. The summed E-state index contributed by atoms with van der Waals surface area (Å²) in [5.74, 6) is 11.0. The van der Waals surface area contributed by atoms with Crippen LogP contribution in [0.4, 0.5) is 5.69 Å². The van der Waals surface area contributed by atoms with Crippen molar-refractivity contribution in [1.29, 1.82) is 0 Å². The zero-order chi connectivity index (χ0) is 17.2. The molecule has 0 bridgehead atoms. The SMILES string of the molecule is CCc1cccc(N(C)N)c1/C=C/c1cc(Cl)co1.NNC=O.